The van der Waals surface area contributed by atoms with E-state index < -0.39 is 0 Å². The summed E-state index contributed by atoms with van der Waals surface area (Å²) in [5.74, 6) is 0.771. The number of aromatic nitrogens is 2. The van der Waals surface area contributed by atoms with Crippen molar-refractivity contribution in [2.75, 3.05) is 14.1 Å². The number of nitrogens with zero attached hydrogens (tertiary/aromatic N) is 3. The fourth-order valence-corrected chi connectivity index (χ4v) is 2.81. The molecular weight excluding hydrogens is 266 g/mol. The zero-order valence-corrected chi connectivity index (χ0v) is 12.4. The molecule has 0 saturated carbocycles. The molecule has 0 radical (unpaired) electrons. The Balaban J connectivity index is 2.19. The monoisotopic (exact) mass is 285 g/mol. The molecular formula is C16H19N3O2. The van der Waals surface area contributed by atoms with Gasteiger partial charge in [-0.3, -0.25) is 14.2 Å². The summed E-state index contributed by atoms with van der Waals surface area (Å²) < 4.78 is 1.79. The predicted octanol–water partition coefficient (Wildman–Crippen LogP) is 1.82. The normalized spacial score (nSPS) is 14.6. The van der Waals surface area contributed by atoms with E-state index in [1.54, 1.807) is 36.9 Å². The lowest BCUT2D eigenvalue weighted by Crippen LogP contribution is -2.25. The molecule has 1 aromatic heterocycles. The van der Waals surface area contributed by atoms with Crippen LogP contribution in [0.4, 0.5) is 0 Å². The number of amides is 1. The summed E-state index contributed by atoms with van der Waals surface area (Å²) in [4.78, 5) is 30.8. The van der Waals surface area contributed by atoms with E-state index in [-0.39, 0.29) is 11.5 Å². The van der Waals surface area contributed by atoms with Crippen molar-refractivity contribution in [2.24, 2.45) is 0 Å². The highest BCUT2D eigenvalue weighted by Gasteiger charge is 2.15. The number of carbonyl (C=O) groups is 1. The third-order valence-corrected chi connectivity index (χ3v) is 3.97. The molecule has 0 saturated heterocycles. The number of aryl methyl sites for hydroxylation is 1. The van der Waals surface area contributed by atoms with Gasteiger partial charge in [0.15, 0.2) is 0 Å². The number of hydrogen-bond donors (Lipinski definition) is 0. The van der Waals surface area contributed by atoms with E-state index in [2.05, 4.69) is 4.98 Å². The zero-order chi connectivity index (χ0) is 15.0. The second-order valence-electron chi connectivity index (χ2n) is 5.73. The van der Waals surface area contributed by atoms with Crippen LogP contribution >= 0.6 is 0 Å². The molecule has 0 atom stereocenters. The van der Waals surface area contributed by atoms with Crippen molar-refractivity contribution in [1.29, 1.82) is 0 Å². The van der Waals surface area contributed by atoms with E-state index in [0.29, 0.717) is 16.5 Å². The minimum Gasteiger partial charge on any atom is -0.345 e. The average Bonchev–Trinajstić information content (AvgIpc) is 2.71. The first-order valence-corrected chi connectivity index (χ1v) is 7.33. The Labute approximate surface area is 123 Å². The Hall–Kier alpha value is -2.17. The van der Waals surface area contributed by atoms with E-state index in [1.807, 2.05) is 0 Å². The lowest BCUT2D eigenvalue weighted by atomic mass is 10.1. The van der Waals surface area contributed by atoms with E-state index in [9.17, 15) is 9.59 Å². The Morgan fingerprint density at radius 3 is 2.81 bits per heavy atom. The van der Waals surface area contributed by atoms with E-state index in [0.717, 1.165) is 38.1 Å². The first kappa shape index (κ1) is 13.8. The maximum atomic E-state index is 12.6. The van der Waals surface area contributed by atoms with Crippen LogP contribution in [0.25, 0.3) is 10.9 Å². The molecule has 0 N–H and O–H groups in total. The van der Waals surface area contributed by atoms with Crippen molar-refractivity contribution in [3.8, 4) is 0 Å². The van der Waals surface area contributed by atoms with Crippen LogP contribution in [0.15, 0.2) is 23.0 Å². The van der Waals surface area contributed by atoms with Crippen LogP contribution in [-0.2, 0) is 13.0 Å². The number of carbonyl (C=O) groups excluding carboxylic acids is 1. The van der Waals surface area contributed by atoms with Gasteiger partial charge in [0.2, 0.25) is 0 Å². The smallest absolute Gasteiger partial charge is 0.261 e. The summed E-state index contributed by atoms with van der Waals surface area (Å²) in [6.07, 6.45) is 4.05. The quantitative estimate of drug-likeness (QED) is 0.803. The maximum Gasteiger partial charge on any atom is 0.261 e. The largest absolute Gasteiger partial charge is 0.345 e. The molecule has 2 aromatic rings. The molecule has 1 aliphatic heterocycles. The summed E-state index contributed by atoms with van der Waals surface area (Å²) in [5.41, 5.74) is 1.21. The molecule has 0 aliphatic carbocycles. The number of hydrogen-bond acceptors (Lipinski definition) is 3. The van der Waals surface area contributed by atoms with Gasteiger partial charge in [0.05, 0.1) is 10.9 Å². The van der Waals surface area contributed by atoms with Crippen molar-refractivity contribution in [2.45, 2.75) is 32.2 Å². The summed E-state index contributed by atoms with van der Waals surface area (Å²) in [7, 11) is 3.43. The number of fused-ring (bicyclic) bond motifs is 2. The Bertz CT molecular complexity index is 762. The minimum atomic E-state index is -0.0752. The van der Waals surface area contributed by atoms with Gasteiger partial charge >= 0.3 is 0 Å². The Morgan fingerprint density at radius 2 is 2.05 bits per heavy atom. The molecule has 5 nitrogen and oxygen atoms in total. The van der Waals surface area contributed by atoms with Crippen molar-refractivity contribution >= 4 is 16.8 Å². The standard InChI is InChI=1S/C16H19N3O2/c1-18(2)15(20)11-7-8-12-13(10-11)17-14-6-4-3-5-9-19(14)16(12)21/h7-8,10H,3-6,9H2,1-2H3. The van der Waals surface area contributed by atoms with Crippen LogP contribution in [-0.4, -0.2) is 34.5 Å². The average molecular weight is 285 g/mol. The highest BCUT2D eigenvalue weighted by Crippen LogP contribution is 2.16. The highest BCUT2D eigenvalue weighted by atomic mass is 16.2. The van der Waals surface area contributed by atoms with Gasteiger partial charge in [-0.15, -0.1) is 0 Å². The predicted molar refractivity (Wildman–Crippen MR) is 81.6 cm³/mol. The molecule has 110 valence electrons. The number of rotatable bonds is 1. The molecule has 1 amide bonds. The molecule has 2 heterocycles. The van der Waals surface area contributed by atoms with Crippen molar-refractivity contribution in [1.82, 2.24) is 14.5 Å². The fraction of sp³-hybridized carbons (Fsp3) is 0.438. The SMILES string of the molecule is CN(C)C(=O)c1ccc2c(=O)n3c(nc2c1)CCCCC3. The van der Waals surface area contributed by atoms with Gasteiger partial charge in [-0.05, 0) is 31.0 Å². The van der Waals surface area contributed by atoms with Gasteiger partial charge in [0, 0.05) is 32.6 Å². The van der Waals surface area contributed by atoms with Crippen LogP contribution in [0, 0.1) is 0 Å². The van der Waals surface area contributed by atoms with Gasteiger partial charge in [-0.1, -0.05) is 6.42 Å². The van der Waals surface area contributed by atoms with Gasteiger partial charge in [-0.25, -0.2) is 4.98 Å². The minimum absolute atomic E-state index is 0.0146. The van der Waals surface area contributed by atoms with Crippen LogP contribution < -0.4 is 5.56 Å². The van der Waals surface area contributed by atoms with Crippen LogP contribution in [0.2, 0.25) is 0 Å². The second kappa shape index (κ2) is 5.31. The third-order valence-electron chi connectivity index (χ3n) is 3.97. The van der Waals surface area contributed by atoms with Gasteiger partial charge in [-0.2, -0.15) is 0 Å². The molecule has 0 fully saturated rings. The third kappa shape index (κ3) is 2.44. The first-order valence-electron chi connectivity index (χ1n) is 7.33. The summed E-state index contributed by atoms with van der Waals surface area (Å²) >= 11 is 0. The van der Waals surface area contributed by atoms with Crippen LogP contribution in [0.1, 0.15) is 35.4 Å². The molecule has 5 heteroatoms. The molecule has 1 aromatic carbocycles. The van der Waals surface area contributed by atoms with Crippen molar-refractivity contribution in [3.63, 3.8) is 0 Å². The summed E-state index contributed by atoms with van der Waals surface area (Å²) in [6.45, 7) is 0.746. The lowest BCUT2D eigenvalue weighted by molar-refractivity contribution is 0.0827. The zero-order valence-electron chi connectivity index (χ0n) is 12.4. The molecule has 21 heavy (non-hydrogen) atoms. The van der Waals surface area contributed by atoms with Crippen LogP contribution in [0.3, 0.4) is 0 Å². The van der Waals surface area contributed by atoms with Gasteiger partial charge < -0.3 is 4.90 Å². The van der Waals surface area contributed by atoms with E-state index >= 15 is 0 Å². The van der Waals surface area contributed by atoms with Crippen molar-refractivity contribution < 1.29 is 4.79 Å². The van der Waals surface area contributed by atoms with E-state index in [4.69, 9.17) is 0 Å². The highest BCUT2D eigenvalue weighted by molar-refractivity contribution is 5.97. The summed E-state index contributed by atoms with van der Waals surface area (Å²) in [6, 6.07) is 5.15. The van der Waals surface area contributed by atoms with Gasteiger partial charge in [0.25, 0.3) is 11.5 Å². The van der Waals surface area contributed by atoms with Crippen LogP contribution in [0.5, 0.6) is 0 Å². The van der Waals surface area contributed by atoms with E-state index in [1.165, 1.54) is 4.90 Å². The topological polar surface area (TPSA) is 55.2 Å². The molecule has 3 rings (SSSR count). The molecule has 0 spiro atoms. The summed E-state index contributed by atoms with van der Waals surface area (Å²) in [5, 5.41) is 0.593. The Kier molecular flexibility index (Phi) is 3.49. The maximum absolute atomic E-state index is 12.6. The lowest BCUT2D eigenvalue weighted by Gasteiger charge is -2.12. The molecule has 0 unspecified atom stereocenters. The molecule has 0 bridgehead atoms. The number of benzene rings is 1. The van der Waals surface area contributed by atoms with Crippen molar-refractivity contribution in [3.05, 3.63) is 39.9 Å². The second-order valence-corrected chi connectivity index (χ2v) is 5.73. The first-order chi connectivity index (χ1) is 10.1. The fourth-order valence-electron chi connectivity index (χ4n) is 2.81. The molecule has 1 aliphatic rings. The Morgan fingerprint density at radius 1 is 1.24 bits per heavy atom. The van der Waals surface area contributed by atoms with Gasteiger partial charge in [0.1, 0.15) is 5.82 Å².